The monoisotopic (exact) mass is 432 g/mol. The highest BCUT2D eigenvalue weighted by atomic mass is 16.5. The number of pyridine rings is 2. The number of benzene rings is 1. The smallest absolute Gasteiger partial charge is 0.254 e. The lowest BCUT2D eigenvalue weighted by Gasteiger charge is -2.40. The van der Waals surface area contributed by atoms with Crippen LogP contribution in [0.1, 0.15) is 15.9 Å². The van der Waals surface area contributed by atoms with Crippen LogP contribution in [-0.4, -0.2) is 59.1 Å². The van der Waals surface area contributed by atoms with Gasteiger partial charge in [-0.05, 0) is 28.8 Å². The van der Waals surface area contributed by atoms with Crippen LogP contribution in [0.3, 0.4) is 0 Å². The number of carbonyl (C=O) groups is 2. The molecule has 3 heterocycles. The molecule has 164 valence electrons. The second-order valence-electron chi connectivity index (χ2n) is 7.64. The first-order valence-electron chi connectivity index (χ1n) is 10.2. The molecule has 3 aromatic rings. The average Bonchev–Trinajstić information content (AvgIpc) is 2.84. The number of hydrogen-bond donors (Lipinski definition) is 1. The molecule has 0 radical (unpaired) electrons. The zero-order chi connectivity index (χ0) is 22.6. The first-order valence-corrected chi connectivity index (χ1v) is 10.2. The minimum absolute atomic E-state index is 0.0656. The Hall–Kier alpha value is -3.78. The van der Waals surface area contributed by atoms with Gasteiger partial charge in [-0.1, -0.05) is 30.3 Å². The average molecular weight is 432 g/mol. The molecule has 0 spiro atoms. The summed E-state index contributed by atoms with van der Waals surface area (Å²) in [5.74, 6) is -0.482. The van der Waals surface area contributed by atoms with E-state index in [-0.39, 0.29) is 25.5 Å². The maximum atomic E-state index is 13.1. The lowest BCUT2D eigenvalue weighted by molar-refractivity contribution is -0.153. The van der Waals surface area contributed by atoms with Gasteiger partial charge in [-0.2, -0.15) is 0 Å². The van der Waals surface area contributed by atoms with Crippen molar-refractivity contribution >= 4 is 11.8 Å². The van der Waals surface area contributed by atoms with Crippen molar-refractivity contribution in [2.75, 3.05) is 26.8 Å². The molecule has 0 bridgehead atoms. The number of rotatable bonds is 6. The molecule has 1 fully saturated rings. The summed E-state index contributed by atoms with van der Waals surface area (Å²) >= 11 is 0. The Kier molecular flexibility index (Phi) is 6.13. The zero-order valence-electron chi connectivity index (χ0n) is 17.7. The Morgan fingerprint density at radius 3 is 2.66 bits per heavy atom. The highest BCUT2D eigenvalue weighted by Crippen LogP contribution is 2.26. The van der Waals surface area contributed by atoms with E-state index in [4.69, 9.17) is 15.2 Å². The summed E-state index contributed by atoms with van der Waals surface area (Å²) in [7, 11) is 1.49. The van der Waals surface area contributed by atoms with Gasteiger partial charge in [0.1, 0.15) is 0 Å². The van der Waals surface area contributed by atoms with Gasteiger partial charge >= 0.3 is 0 Å². The van der Waals surface area contributed by atoms with E-state index in [9.17, 15) is 9.59 Å². The molecule has 1 unspecified atom stereocenters. The molecule has 32 heavy (non-hydrogen) atoms. The Labute approximate surface area is 186 Å². The van der Waals surface area contributed by atoms with Crippen molar-refractivity contribution in [1.82, 2.24) is 14.9 Å². The molecule has 0 saturated carbocycles. The second kappa shape index (κ2) is 9.15. The largest absolute Gasteiger partial charge is 0.481 e. The number of nitrogens with zero attached hydrogens (tertiary/aromatic N) is 3. The van der Waals surface area contributed by atoms with Crippen molar-refractivity contribution in [3.05, 3.63) is 78.2 Å². The predicted molar refractivity (Wildman–Crippen MR) is 118 cm³/mol. The summed E-state index contributed by atoms with van der Waals surface area (Å²) < 4.78 is 11.0. The summed E-state index contributed by atoms with van der Waals surface area (Å²) in [4.78, 5) is 35.3. The van der Waals surface area contributed by atoms with Crippen LogP contribution in [0.5, 0.6) is 5.88 Å². The highest BCUT2D eigenvalue weighted by Gasteiger charge is 2.44. The molecule has 1 saturated heterocycles. The third kappa shape index (κ3) is 4.45. The van der Waals surface area contributed by atoms with E-state index < -0.39 is 11.5 Å². The van der Waals surface area contributed by atoms with Crippen LogP contribution in [0, 0.1) is 0 Å². The summed E-state index contributed by atoms with van der Waals surface area (Å²) in [5, 5.41) is 0. The number of ether oxygens (including phenoxy) is 2. The molecule has 2 aromatic heterocycles. The van der Waals surface area contributed by atoms with Crippen LogP contribution in [0.15, 0.2) is 67.1 Å². The van der Waals surface area contributed by atoms with Crippen LogP contribution in [0.25, 0.3) is 11.1 Å². The molecule has 1 aliphatic rings. The Morgan fingerprint density at radius 1 is 1.16 bits per heavy atom. The quantitative estimate of drug-likeness (QED) is 0.639. The summed E-state index contributed by atoms with van der Waals surface area (Å²) in [5.41, 5.74) is 7.81. The number of methoxy groups -OCH3 is 1. The van der Waals surface area contributed by atoms with Crippen molar-refractivity contribution < 1.29 is 19.1 Å². The molecule has 0 aliphatic carbocycles. The van der Waals surface area contributed by atoms with Crippen LogP contribution in [0.2, 0.25) is 0 Å². The standard InChI is InChI=1S/C24H24N4O4/c1-31-21-13-19(8-10-27-21)22(29)28-11-12-32-24(16-28,23(25)30)14-17-4-6-18(7-5-17)20-3-2-9-26-15-20/h2-10,13,15H,11-12,14,16H2,1H3,(H2,25,30). The lowest BCUT2D eigenvalue weighted by atomic mass is 9.90. The van der Waals surface area contributed by atoms with E-state index in [0.29, 0.717) is 18.0 Å². The Bertz CT molecular complexity index is 1100. The number of carbonyl (C=O) groups excluding carboxylic acids is 2. The fourth-order valence-corrected chi connectivity index (χ4v) is 3.82. The van der Waals surface area contributed by atoms with Gasteiger partial charge in [0.15, 0.2) is 5.60 Å². The zero-order valence-corrected chi connectivity index (χ0v) is 17.7. The topological polar surface area (TPSA) is 108 Å². The second-order valence-corrected chi connectivity index (χ2v) is 7.64. The summed E-state index contributed by atoms with van der Waals surface area (Å²) in [6.07, 6.45) is 5.29. The number of morpholine rings is 1. The van der Waals surface area contributed by atoms with Crippen molar-refractivity contribution in [2.45, 2.75) is 12.0 Å². The first kappa shape index (κ1) is 21.5. The first-order chi connectivity index (χ1) is 15.5. The molecule has 4 rings (SSSR count). The van der Waals surface area contributed by atoms with Gasteiger partial charge in [0, 0.05) is 43.2 Å². The van der Waals surface area contributed by atoms with E-state index in [0.717, 1.165) is 16.7 Å². The van der Waals surface area contributed by atoms with E-state index in [1.807, 2.05) is 36.4 Å². The fraction of sp³-hybridized carbons (Fsp3) is 0.250. The van der Waals surface area contributed by atoms with Crippen LogP contribution in [0.4, 0.5) is 0 Å². The van der Waals surface area contributed by atoms with Crippen LogP contribution < -0.4 is 10.5 Å². The van der Waals surface area contributed by atoms with Crippen molar-refractivity contribution in [1.29, 1.82) is 0 Å². The number of hydrogen-bond acceptors (Lipinski definition) is 6. The minimum atomic E-state index is -1.30. The Balaban J connectivity index is 1.54. The molecule has 2 N–H and O–H groups in total. The number of primary amides is 1. The van der Waals surface area contributed by atoms with Crippen molar-refractivity contribution in [3.8, 4) is 17.0 Å². The van der Waals surface area contributed by atoms with E-state index in [2.05, 4.69) is 9.97 Å². The number of amides is 2. The molecular weight excluding hydrogens is 408 g/mol. The highest BCUT2D eigenvalue weighted by molar-refractivity contribution is 5.95. The maximum Gasteiger partial charge on any atom is 0.254 e. The van der Waals surface area contributed by atoms with Gasteiger partial charge < -0.3 is 20.1 Å². The van der Waals surface area contributed by atoms with E-state index in [1.165, 1.54) is 13.3 Å². The van der Waals surface area contributed by atoms with Crippen LogP contribution >= 0.6 is 0 Å². The molecule has 1 aromatic carbocycles. The van der Waals surface area contributed by atoms with Crippen molar-refractivity contribution in [3.63, 3.8) is 0 Å². The number of nitrogens with two attached hydrogens (primary N) is 1. The molecule has 1 atom stereocenters. The summed E-state index contributed by atoms with van der Waals surface area (Å²) in [6.45, 7) is 0.638. The maximum absolute atomic E-state index is 13.1. The summed E-state index contributed by atoms with van der Waals surface area (Å²) in [6, 6.07) is 14.9. The third-order valence-electron chi connectivity index (χ3n) is 5.55. The SMILES string of the molecule is COc1cc(C(=O)N2CCOC(Cc3ccc(-c4cccnc4)cc3)(C(N)=O)C2)ccn1. The van der Waals surface area contributed by atoms with E-state index in [1.54, 1.807) is 29.4 Å². The fourth-order valence-electron chi connectivity index (χ4n) is 3.82. The van der Waals surface area contributed by atoms with Gasteiger partial charge in [0.05, 0.1) is 20.3 Å². The molecule has 2 amide bonds. The van der Waals surface area contributed by atoms with Gasteiger partial charge in [-0.25, -0.2) is 4.98 Å². The molecule has 8 nitrogen and oxygen atoms in total. The van der Waals surface area contributed by atoms with Gasteiger partial charge in [-0.15, -0.1) is 0 Å². The third-order valence-corrected chi connectivity index (χ3v) is 5.55. The number of aromatic nitrogens is 2. The minimum Gasteiger partial charge on any atom is -0.481 e. The van der Waals surface area contributed by atoms with Crippen LogP contribution in [-0.2, 0) is 16.0 Å². The van der Waals surface area contributed by atoms with Gasteiger partial charge in [-0.3, -0.25) is 14.6 Å². The van der Waals surface area contributed by atoms with Gasteiger partial charge in [0.25, 0.3) is 11.8 Å². The van der Waals surface area contributed by atoms with E-state index >= 15 is 0 Å². The lowest BCUT2D eigenvalue weighted by Crippen LogP contribution is -2.61. The normalized spacial score (nSPS) is 18.2. The van der Waals surface area contributed by atoms with Crippen molar-refractivity contribution in [2.24, 2.45) is 5.73 Å². The molecule has 1 aliphatic heterocycles. The molecule has 8 heteroatoms. The Morgan fingerprint density at radius 2 is 1.97 bits per heavy atom. The molecular formula is C24H24N4O4. The predicted octanol–water partition coefficient (Wildman–Crippen LogP) is 2.09. The van der Waals surface area contributed by atoms with Gasteiger partial charge in [0.2, 0.25) is 5.88 Å².